The molecule has 0 radical (unpaired) electrons. The van der Waals surface area contributed by atoms with Crippen molar-refractivity contribution in [2.24, 2.45) is 11.1 Å². The fourth-order valence-electron chi connectivity index (χ4n) is 0.591. The molecule has 0 saturated heterocycles. The molecular formula is C6H11NO2. The molecule has 1 heterocycles. The van der Waals surface area contributed by atoms with Crippen LogP contribution in [-0.2, 0) is 9.57 Å². The van der Waals surface area contributed by atoms with E-state index in [9.17, 15) is 0 Å². The van der Waals surface area contributed by atoms with E-state index in [1.807, 2.05) is 13.8 Å². The molecule has 3 nitrogen and oxygen atoms in total. The van der Waals surface area contributed by atoms with Gasteiger partial charge in [-0.3, -0.25) is 0 Å². The van der Waals surface area contributed by atoms with E-state index in [1.165, 1.54) is 0 Å². The SMILES string of the molecule is CC(C)C1=NOCCO1. The Morgan fingerprint density at radius 1 is 1.44 bits per heavy atom. The number of oxime groups is 1. The minimum atomic E-state index is 0.338. The van der Waals surface area contributed by atoms with Crippen LogP contribution in [0.5, 0.6) is 0 Å². The summed E-state index contributed by atoms with van der Waals surface area (Å²) in [6.45, 7) is 5.26. The molecule has 1 rings (SSSR count). The quantitative estimate of drug-likeness (QED) is 0.529. The average molecular weight is 129 g/mol. The van der Waals surface area contributed by atoms with Gasteiger partial charge >= 0.3 is 0 Å². The second-order valence-corrected chi connectivity index (χ2v) is 2.27. The maximum atomic E-state index is 5.16. The number of nitrogens with zero attached hydrogens (tertiary/aromatic N) is 1. The second-order valence-electron chi connectivity index (χ2n) is 2.27. The van der Waals surface area contributed by atoms with Crippen LogP contribution in [0.4, 0.5) is 0 Å². The van der Waals surface area contributed by atoms with E-state index in [0.29, 0.717) is 25.0 Å². The van der Waals surface area contributed by atoms with Gasteiger partial charge < -0.3 is 9.57 Å². The Morgan fingerprint density at radius 2 is 2.22 bits per heavy atom. The van der Waals surface area contributed by atoms with Crippen LogP contribution in [0.2, 0.25) is 0 Å². The van der Waals surface area contributed by atoms with Crippen molar-refractivity contribution >= 4 is 5.90 Å². The van der Waals surface area contributed by atoms with E-state index in [4.69, 9.17) is 9.57 Å². The number of ether oxygens (including phenoxy) is 1. The van der Waals surface area contributed by atoms with Crippen molar-refractivity contribution in [3.05, 3.63) is 0 Å². The predicted molar refractivity (Wildman–Crippen MR) is 34.2 cm³/mol. The van der Waals surface area contributed by atoms with Gasteiger partial charge in [0.2, 0.25) is 5.90 Å². The van der Waals surface area contributed by atoms with Gasteiger partial charge in [0.15, 0.2) is 6.61 Å². The topological polar surface area (TPSA) is 30.8 Å². The summed E-state index contributed by atoms with van der Waals surface area (Å²) in [6.07, 6.45) is 0. The van der Waals surface area contributed by atoms with Gasteiger partial charge in [0, 0.05) is 5.92 Å². The molecule has 0 N–H and O–H groups in total. The lowest BCUT2D eigenvalue weighted by Crippen LogP contribution is -2.20. The van der Waals surface area contributed by atoms with Gasteiger partial charge in [-0.1, -0.05) is 19.0 Å². The largest absolute Gasteiger partial charge is 0.475 e. The molecule has 0 aromatic heterocycles. The summed E-state index contributed by atoms with van der Waals surface area (Å²) in [5.74, 6) is 1.05. The fraction of sp³-hybridized carbons (Fsp3) is 0.833. The molecule has 0 bridgehead atoms. The molecule has 1 aliphatic heterocycles. The minimum Gasteiger partial charge on any atom is -0.475 e. The van der Waals surface area contributed by atoms with Gasteiger partial charge in [-0.15, -0.1) is 0 Å². The first-order valence-corrected chi connectivity index (χ1v) is 3.13. The Morgan fingerprint density at radius 3 is 2.56 bits per heavy atom. The highest BCUT2D eigenvalue weighted by molar-refractivity contribution is 5.77. The molecule has 3 heteroatoms. The first kappa shape index (κ1) is 6.39. The van der Waals surface area contributed by atoms with Gasteiger partial charge in [-0.05, 0) is 0 Å². The molecular weight excluding hydrogens is 118 g/mol. The zero-order valence-electron chi connectivity index (χ0n) is 5.76. The molecule has 1 aliphatic rings. The van der Waals surface area contributed by atoms with Crippen LogP contribution in [0.25, 0.3) is 0 Å². The van der Waals surface area contributed by atoms with E-state index < -0.39 is 0 Å². The van der Waals surface area contributed by atoms with Crippen LogP contribution in [0.15, 0.2) is 5.16 Å². The monoisotopic (exact) mass is 129 g/mol. The highest BCUT2D eigenvalue weighted by atomic mass is 16.7. The van der Waals surface area contributed by atoms with Gasteiger partial charge in [-0.2, -0.15) is 0 Å². The summed E-state index contributed by atoms with van der Waals surface area (Å²) < 4.78 is 5.16. The van der Waals surface area contributed by atoms with Crippen molar-refractivity contribution < 1.29 is 9.57 Å². The Balaban J connectivity index is 2.46. The maximum Gasteiger partial charge on any atom is 0.228 e. The van der Waals surface area contributed by atoms with Gasteiger partial charge in [0.1, 0.15) is 6.61 Å². The molecule has 0 saturated carbocycles. The zero-order chi connectivity index (χ0) is 6.69. The van der Waals surface area contributed by atoms with E-state index in [0.717, 1.165) is 0 Å². The number of hydrogen-bond donors (Lipinski definition) is 0. The van der Waals surface area contributed by atoms with Crippen LogP contribution in [-0.4, -0.2) is 19.1 Å². The summed E-state index contributed by atoms with van der Waals surface area (Å²) in [4.78, 5) is 4.81. The van der Waals surface area contributed by atoms with Crippen molar-refractivity contribution in [3.63, 3.8) is 0 Å². The normalized spacial score (nSPS) is 18.3. The third-order valence-electron chi connectivity index (χ3n) is 1.07. The third kappa shape index (κ3) is 1.59. The van der Waals surface area contributed by atoms with E-state index >= 15 is 0 Å². The molecule has 0 unspecified atom stereocenters. The first-order chi connectivity index (χ1) is 4.30. The smallest absolute Gasteiger partial charge is 0.228 e. The average Bonchev–Trinajstić information content (AvgIpc) is 1.90. The molecule has 0 amide bonds. The lowest BCUT2D eigenvalue weighted by Gasteiger charge is -2.15. The number of rotatable bonds is 1. The summed E-state index contributed by atoms with van der Waals surface area (Å²) >= 11 is 0. The van der Waals surface area contributed by atoms with Crippen molar-refractivity contribution in [3.8, 4) is 0 Å². The fourth-order valence-corrected chi connectivity index (χ4v) is 0.591. The van der Waals surface area contributed by atoms with E-state index in [-0.39, 0.29) is 0 Å². The molecule has 9 heavy (non-hydrogen) atoms. The standard InChI is InChI=1S/C6H11NO2/c1-5(2)6-7-9-4-3-8-6/h5H,3-4H2,1-2H3. The highest BCUT2D eigenvalue weighted by Gasteiger charge is 2.10. The molecule has 0 spiro atoms. The van der Waals surface area contributed by atoms with Crippen LogP contribution in [0.3, 0.4) is 0 Å². The van der Waals surface area contributed by atoms with Crippen LogP contribution in [0, 0.1) is 5.92 Å². The highest BCUT2D eigenvalue weighted by Crippen LogP contribution is 2.03. The van der Waals surface area contributed by atoms with E-state index in [2.05, 4.69) is 5.16 Å². The third-order valence-corrected chi connectivity index (χ3v) is 1.07. The molecule has 0 fully saturated rings. The van der Waals surface area contributed by atoms with Gasteiger partial charge in [0.05, 0.1) is 0 Å². The number of hydrogen-bond acceptors (Lipinski definition) is 3. The van der Waals surface area contributed by atoms with E-state index in [1.54, 1.807) is 0 Å². The van der Waals surface area contributed by atoms with Crippen LogP contribution in [0.1, 0.15) is 13.8 Å². The lowest BCUT2D eigenvalue weighted by atomic mass is 10.2. The summed E-state index contributed by atoms with van der Waals surface area (Å²) in [5, 5.41) is 3.72. The lowest BCUT2D eigenvalue weighted by molar-refractivity contribution is 0.0585. The summed E-state index contributed by atoms with van der Waals surface area (Å²) in [6, 6.07) is 0. The first-order valence-electron chi connectivity index (χ1n) is 3.13. The van der Waals surface area contributed by atoms with Gasteiger partial charge in [-0.25, -0.2) is 0 Å². The Labute approximate surface area is 54.6 Å². The molecule has 0 atom stereocenters. The Hall–Kier alpha value is -0.730. The van der Waals surface area contributed by atoms with Crippen molar-refractivity contribution in [2.75, 3.05) is 13.2 Å². The predicted octanol–water partition coefficient (Wildman–Crippen LogP) is 1.00. The maximum absolute atomic E-state index is 5.16. The molecule has 0 aliphatic carbocycles. The minimum absolute atomic E-state index is 0.338. The Bertz CT molecular complexity index is 120. The van der Waals surface area contributed by atoms with Crippen molar-refractivity contribution in [1.29, 1.82) is 0 Å². The van der Waals surface area contributed by atoms with Crippen molar-refractivity contribution in [2.45, 2.75) is 13.8 Å². The zero-order valence-corrected chi connectivity index (χ0v) is 5.76. The second kappa shape index (κ2) is 2.71. The molecule has 0 aromatic rings. The summed E-state index contributed by atoms with van der Waals surface area (Å²) in [7, 11) is 0. The molecule has 0 aromatic carbocycles. The summed E-state index contributed by atoms with van der Waals surface area (Å²) in [5.41, 5.74) is 0. The Kier molecular flexibility index (Phi) is 1.92. The van der Waals surface area contributed by atoms with Crippen LogP contribution < -0.4 is 0 Å². The molecule has 52 valence electrons. The van der Waals surface area contributed by atoms with Crippen LogP contribution >= 0.6 is 0 Å². The van der Waals surface area contributed by atoms with Crippen molar-refractivity contribution in [1.82, 2.24) is 0 Å². The van der Waals surface area contributed by atoms with Gasteiger partial charge in [0.25, 0.3) is 0 Å².